The second-order valence-electron chi connectivity index (χ2n) is 16.8. The average Bonchev–Trinajstić information content (AvgIpc) is 3.39. The minimum atomic E-state index is -1.17. The van der Waals surface area contributed by atoms with Gasteiger partial charge in [-0.05, 0) is 137 Å². The fraction of sp³-hybridized carbons (Fsp3) is 0.510. The van der Waals surface area contributed by atoms with Gasteiger partial charge in [-0.2, -0.15) is 14.4 Å². The summed E-state index contributed by atoms with van der Waals surface area (Å²) in [7, 11) is 8.23. The van der Waals surface area contributed by atoms with Crippen molar-refractivity contribution in [3.63, 3.8) is 0 Å². The quantitative estimate of drug-likeness (QED) is 0.0596. The van der Waals surface area contributed by atoms with Crippen molar-refractivity contribution in [1.82, 2.24) is 0 Å². The Hall–Kier alpha value is -7.32. The molecular formula is C49H58O21. The van der Waals surface area contributed by atoms with E-state index in [1.54, 1.807) is 18.2 Å². The molecule has 3 aromatic rings. The Balaban J connectivity index is 1.03. The van der Waals surface area contributed by atoms with Crippen molar-refractivity contribution >= 4 is 36.4 Å². The smallest absolute Gasteiger partial charge is 0.496 e. The lowest BCUT2D eigenvalue weighted by Crippen LogP contribution is -2.39. The van der Waals surface area contributed by atoms with Crippen molar-refractivity contribution in [3.05, 3.63) is 71.3 Å². The molecule has 3 aliphatic rings. The van der Waals surface area contributed by atoms with Crippen LogP contribution in [0.2, 0.25) is 0 Å². The van der Waals surface area contributed by atoms with Gasteiger partial charge in [0.1, 0.15) is 69.5 Å². The van der Waals surface area contributed by atoms with Gasteiger partial charge in [0, 0.05) is 0 Å². The summed E-state index contributed by atoms with van der Waals surface area (Å²) in [5.41, 5.74) is -0.189. The molecule has 0 bridgehead atoms. The molecule has 0 unspecified atom stereocenters. The van der Waals surface area contributed by atoms with Crippen LogP contribution >= 0.6 is 0 Å². The van der Waals surface area contributed by atoms with E-state index in [0.29, 0.717) is 38.5 Å². The minimum Gasteiger partial charge on any atom is -0.496 e. The molecule has 0 heterocycles. The van der Waals surface area contributed by atoms with Crippen molar-refractivity contribution in [2.45, 2.75) is 95.4 Å². The Kier molecular flexibility index (Phi) is 18.8. The number of carbonyl (C=O) groups is 6. The van der Waals surface area contributed by atoms with E-state index in [1.165, 1.54) is 79.1 Å². The largest absolute Gasteiger partial charge is 0.550 e. The molecule has 380 valence electrons. The van der Waals surface area contributed by atoms with Gasteiger partial charge < -0.3 is 42.6 Å². The standard InChI is InChI=1S/C49H58O21/c1-56-34-10-7-11-35(57-2)41(34)44(50)65-68-47(53)62-31-22-16-28(17-23-31)40(29-18-24-32(25-19-29)63-48(54)69-66-45(51)42-36(58-3)12-8-13-37(42)59-4)30-20-26-33(27-21-30)64-49(55)70-67-46(52)43-38(60-5)14-9-15-39(43)61-6/h7-15,28-33,40H,16-27H2,1-6H3. The first-order valence-electron chi connectivity index (χ1n) is 22.8. The molecule has 0 spiro atoms. The number of hydrogen-bond acceptors (Lipinski definition) is 21. The fourth-order valence-electron chi connectivity index (χ4n) is 9.89. The second kappa shape index (κ2) is 25.3. The van der Waals surface area contributed by atoms with Gasteiger partial charge in [0.25, 0.3) is 0 Å². The van der Waals surface area contributed by atoms with Crippen LogP contribution in [-0.4, -0.2) is 97.3 Å². The Morgan fingerprint density at radius 2 is 0.557 bits per heavy atom. The predicted octanol–water partition coefficient (Wildman–Crippen LogP) is 9.11. The van der Waals surface area contributed by atoms with Crippen molar-refractivity contribution in [2.24, 2.45) is 23.7 Å². The molecule has 21 nitrogen and oxygen atoms in total. The summed E-state index contributed by atoms with van der Waals surface area (Å²) in [5, 5.41) is 0. The van der Waals surface area contributed by atoms with Gasteiger partial charge in [-0.3, -0.25) is 0 Å². The molecule has 3 saturated carbocycles. The molecule has 3 aromatic carbocycles. The normalized spacial score (nSPS) is 21.2. The molecular weight excluding hydrogens is 925 g/mol. The van der Waals surface area contributed by atoms with Gasteiger partial charge in [0.2, 0.25) is 0 Å². The SMILES string of the molecule is COc1cccc(OC)c1C(=O)OOC(=O)OC1CCC(C(C2CCC(OC(=O)OOC(=O)c3c(OC)cccc3OC)CC2)C2CCC(OC(=O)OOC(=O)c3c(OC)cccc3OC)CC2)CC1. The van der Waals surface area contributed by atoms with Crippen LogP contribution in [0.1, 0.15) is 108 Å². The van der Waals surface area contributed by atoms with Gasteiger partial charge in [-0.1, -0.05) is 18.2 Å². The number of rotatable bonds is 15. The maximum Gasteiger partial charge on any atom is 0.550 e. The molecule has 0 saturated heterocycles. The second-order valence-corrected chi connectivity index (χ2v) is 16.8. The number of benzene rings is 3. The summed E-state index contributed by atoms with van der Waals surface area (Å²) in [6, 6.07) is 14.1. The van der Waals surface area contributed by atoms with Gasteiger partial charge in [-0.15, -0.1) is 0 Å². The first-order valence-corrected chi connectivity index (χ1v) is 22.8. The van der Waals surface area contributed by atoms with Crippen molar-refractivity contribution in [2.75, 3.05) is 42.7 Å². The van der Waals surface area contributed by atoms with Crippen molar-refractivity contribution in [1.29, 1.82) is 0 Å². The maximum absolute atomic E-state index is 12.8. The van der Waals surface area contributed by atoms with E-state index in [2.05, 4.69) is 0 Å². The van der Waals surface area contributed by atoms with Gasteiger partial charge >= 0.3 is 36.4 Å². The third kappa shape index (κ3) is 13.3. The van der Waals surface area contributed by atoms with Crippen LogP contribution in [0.25, 0.3) is 0 Å². The van der Waals surface area contributed by atoms with E-state index in [4.69, 9.17) is 72.0 Å². The molecule has 0 amide bonds. The lowest BCUT2D eigenvalue weighted by atomic mass is 9.61. The molecule has 21 heteroatoms. The van der Waals surface area contributed by atoms with E-state index in [-0.39, 0.29) is 74.9 Å². The van der Waals surface area contributed by atoms with E-state index < -0.39 is 54.7 Å². The van der Waals surface area contributed by atoms with Crippen LogP contribution in [-0.2, 0) is 43.5 Å². The molecule has 0 aromatic heterocycles. The molecule has 70 heavy (non-hydrogen) atoms. The van der Waals surface area contributed by atoms with E-state index in [9.17, 15) is 28.8 Å². The molecule has 0 radical (unpaired) electrons. The Morgan fingerprint density at radius 3 is 0.757 bits per heavy atom. The topological polar surface area (TPSA) is 241 Å². The number of hydrogen-bond donors (Lipinski definition) is 0. The average molecular weight is 983 g/mol. The first-order chi connectivity index (χ1) is 33.9. The highest BCUT2D eigenvalue weighted by Gasteiger charge is 2.42. The van der Waals surface area contributed by atoms with Crippen LogP contribution < -0.4 is 28.4 Å². The molecule has 0 aliphatic heterocycles. The van der Waals surface area contributed by atoms with Crippen LogP contribution in [0.5, 0.6) is 34.5 Å². The Labute approximate surface area is 403 Å². The highest BCUT2D eigenvalue weighted by molar-refractivity contribution is 5.97. The lowest BCUT2D eigenvalue weighted by molar-refractivity contribution is -0.209. The molecule has 0 atom stereocenters. The molecule has 6 rings (SSSR count). The third-order valence-electron chi connectivity index (χ3n) is 13.0. The van der Waals surface area contributed by atoms with Gasteiger partial charge in [0.15, 0.2) is 0 Å². The van der Waals surface area contributed by atoms with Crippen LogP contribution in [0.3, 0.4) is 0 Å². The summed E-state index contributed by atoms with van der Waals surface area (Å²) >= 11 is 0. The highest BCUT2D eigenvalue weighted by Crippen LogP contribution is 2.48. The lowest BCUT2D eigenvalue weighted by Gasteiger charge is -2.45. The summed E-state index contributed by atoms with van der Waals surface area (Å²) < 4.78 is 48.1. The summed E-state index contributed by atoms with van der Waals surface area (Å²) in [6.45, 7) is 0. The Bertz CT molecular complexity index is 1950. The van der Waals surface area contributed by atoms with E-state index in [1.807, 2.05) is 0 Å². The zero-order chi connectivity index (χ0) is 50.2. The molecule has 3 fully saturated rings. The number of carbonyl (C=O) groups excluding carboxylic acids is 6. The zero-order valence-corrected chi connectivity index (χ0v) is 39.8. The van der Waals surface area contributed by atoms with E-state index in [0.717, 1.165) is 38.5 Å². The maximum atomic E-state index is 12.8. The number of methoxy groups -OCH3 is 6. The molecule has 3 aliphatic carbocycles. The van der Waals surface area contributed by atoms with Gasteiger partial charge in [0.05, 0.1) is 42.7 Å². The van der Waals surface area contributed by atoms with Crippen LogP contribution in [0, 0.1) is 23.7 Å². The minimum absolute atomic E-state index is 0.0629. The van der Waals surface area contributed by atoms with E-state index >= 15 is 0 Å². The fourth-order valence-corrected chi connectivity index (χ4v) is 9.89. The van der Waals surface area contributed by atoms with Crippen molar-refractivity contribution < 1.29 is 101 Å². The Morgan fingerprint density at radius 1 is 0.343 bits per heavy atom. The highest BCUT2D eigenvalue weighted by atomic mass is 17.2. The first kappa shape index (κ1) is 52.1. The number of ether oxygens (including phenoxy) is 9. The monoisotopic (exact) mass is 982 g/mol. The van der Waals surface area contributed by atoms with Crippen LogP contribution in [0.4, 0.5) is 14.4 Å². The van der Waals surface area contributed by atoms with Crippen molar-refractivity contribution in [3.8, 4) is 34.5 Å². The third-order valence-corrected chi connectivity index (χ3v) is 13.0. The molecule has 0 N–H and O–H groups in total. The summed E-state index contributed by atoms with van der Waals surface area (Å²) in [4.78, 5) is 105. The predicted molar refractivity (Wildman–Crippen MR) is 238 cm³/mol. The summed E-state index contributed by atoms with van der Waals surface area (Å²) in [6.07, 6.45) is 2.48. The van der Waals surface area contributed by atoms with Gasteiger partial charge in [-0.25, -0.2) is 43.7 Å². The van der Waals surface area contributed by atoms with Crippen LogP contribution in [0.15, 0.2) is 54.6 Å². The summed E-state index contributed by atoms with van der Waals surface area (Å²) in [5.74, 6) is -1.15. The zero-order valence-electron chi connectivity index (χ0n) is 39.8.